The number of hydrogen-bond donors (Lipinski definition) is 0. The molecule has 33 heavy (non-hydrogen) atoms. The lowest BCUT2D eigenvalue weighted by Gasteiger charge is -2.34. The van der Waals surface area contributed by atoms with Crippen molar-refractivity contribution in [2.45, 2.75) is 19.8 Å². The number of hydrogen-bond acceptors (Lipinski definition) is 5. The van der Waals surface area contributed by atoms with E-state index in [1.54, 1.807) is 12.4 Å². The molecule has 1 amide bonds. The third-order valence-corrected chi connectivity index (χ3v) is 6.14. The van der Waals surface area contributed by atoms with E-state index in [9.17, 15) is 4.79 Å². The Labute approximate surface area is 193 Å². The van der Waals surface area contributed by atoms with E-state index in [1.807, 2.05) is 41.3 Å². The Kier molecular flexibility index (Phi) is 5.98. The molecular weight excluding hydrogens is 410 g/mol. The van der Waals surface area contributed by atoms with Gasteiger partial charge in [0.1, 0.15) is 0 Å². The monoisotopic (exact) mass is 437 g/mol. The van der Waals surface area contributed by atoms with E-state index in [0.717, 1.165) is 35.0 Å². The third kappa shape index (κ3) is 4.42. The Morgan fingerprint density at radius 2 is 1.64 bits per heavy atom. The quantitative estimate of drug-likeness (QED) is 0.456. The van der Waals surface area contributed by atoms with Crippen LogP contribution < -0.4 is 4.90 Å². The van der Waals surface area contributed by atoms with Crippen molar-refractivity contribution in [1.82, 2.24) is 19.9 Å². The Morgan fingerprint density at radius 3 is 2.36 bits per heavy atom. The molecule has 0 bridgehead atoms. The molecule has 1 fully saturated rings. The minimum Gasteiger partial charge on any atom is -0.337 e. The van der Waals surface area contributed by atoms with Gasteiger partial charge in [0.2, 0.25) is 5.95 Å². The fourth-order valence-corrected chi connectivity index (χ4v) is 4.37. The predicted molar refractivity (Wildman–Crippen MR) is 131 cm³/mol. The van der Waals surface area contributed by atoms with E-state index >= 15 is 0 Å². The van der Waals surface area contributed by atoms with Crippen LogP contribution in [0.1, 0.15) is 29.3 Å². The van der Waals surface area contributed by atoms with Crippen LogP contribution in [-0.2, 0) is 6.42 Å². The highest BCUT2D eigenvalue weighted by Gasteiger charge is 2.25. The van der Waals surface area contributed by atoms with Gasteiger partial charge in [0, 0.05) is 49.5 Å². The molecule has 2 aromatic heterocycles. The SMILES string of the molecule is CCCc1ccc(-c2cc(C(=O)N3CCN(c4ncccn4)CC3)c3ccccc3n2)cc1. The van der Waals surface area contributed by atoms with E-state index in [2.05, 4.69) is 46.1 Å². The lowest BCUT2D eigenvalue weighted by atomic mass is 10.0. The van der Waals surface area contributed by atoms with Crippen LogP contribution in [0, 0.1) is 0 Å². The second-order valence-corrected chi connectivity index (χ2v) is 8.35. The molecule has 166 valence electrons. The Morgan fingerprint density at radius 1 is 0.909 bits per heavy atom. The maximum Gasteiger partial charge on any atom is 0.254 e. The molecule has 0 N–H and O–H groups in total. The Balaban J connectivity index is 1.43. The summed E-state index contributed by atoms with van der Waals surface area (Å²) in [7, 11) is 0. The summed E-state index contributed by atoms with van der Waals surface area (Å²) in [5.74, 6) is 0.763. The number of aryl methyl sites for hydroxylation is 1. The van der Waals surface area contributed by atoms with Crippen LogP contribution in [0.15, 0.2) is 73.1 Å². The second kappa shape index (κ2) is 9.36. The van der Waals surface area contributed by atoms with Crippen molar-refractivity contribution in [2.24, 2.45) is 0 Å². The largest absolute Gasteiger partial charge is 0.337 e. The summed E-state index contributed by atoms with van der Waals surface area (Å²) in [6.45, 7) is 4.88. The van der Waals surface area contributed by atoms with Crippen LogP contribution in [0.5, 0.6) is 0 Å². The first-order chi connectivity index (χ1) is 16.2. The Hall–Kier alpha value is -3.80. The number of carbonyl (C=O) groups is 1. The molecule has 5 rings (SSSR count). The number of para-hydroxylation sites is 1. The normalized spacial score (nSPS) is 14.0. The van der Waals surface area contributed by atoms with Gasteiger partial charge in [-0.05, 0) is 30.2 Å². The molecule has 2 aromatic carbocycles. The number of anilines is 1. The molecule has 0 spiro atoms. The zero-order valence-corrected chi connectivity index (χ0v) is 18.8. The number of nitrogens with zero attached hydrogens (tertiary/aromatic N) is 5. The van der Waals surface area contributed by atoms with Crippen LogP contribution in [0.3, 0.4) is 0 Å². The van der Waals surface area contributed by atoms with Crippen LogP contribution >= 0.6 is 0 Å². The molecular formula is C27H27N5O. The standard InChI is InChI=1S/C27H27N5O/c1-2-6-20-9-11-21(12-10-20)25-19-23(22-7-3-4-8-24(22)30-25)26(33)31-15-17-32(18-16-31)27-28-13-5-14-29-27/h3-5,7-14,19H,2,6,15-18H2,1H3. The zero-order chi connectivity index (χ0) is 22.6. The van der Waals surface area contributed by atoms with Crippen molar-refractivity contribution in [1.29, 1.82) is 0 Å². The van der Waals surface area contributed by atoms with Gasteiger partial charge < -0.3 is 9.80 Å². The minimum absolute atomic E-state index is 0.0473. The van der Waals surface area contributed by atoms with Crippen molar-refractivity contribution in [2.75, 3.05) is 31.1 Å². The van der Waals surface area contributed by atoms with Crippen molar-refractivity contribution < 1.29 is 4.79 Å². The molecule has 0 radical (unpaired) electrons. The van der Waals surface area contributed by atoms with E-state index < -0.39 is 0 Å². The number of amides is 1. The summed E-state index contributed by atoms with van der Waals surface area (Å²) in [6.07, 6.45) is 5.68. The minimum atomic E-state index is 0.0473. The van der Waals surface area contributed by atoms with Gasteiger partial charge in [-0.3, -0.25) is 4.79 Å². The van der Waals surface area contributed by atoms with Crippen LogP contribution in [0.2, 0.25) is 0 Å². The van der Waals surface area contributed by atoms with E-state index in [0.29, 0.717) is 37.7 Å². The van der Waals surface area contributed by atoms with Gasteiger partial charge in [0.15, 0.2) is 0 Å². The average Bonchev–Trinajstić information content (AvgIpc) is 2.89. The van der Waals surface area contributed by atoms with Crippen molar-refractivity contribution in [3.05, 3.63) is 84.2 Å². The highest BCUT2D eigenvalue weighted by molar-refractivity contribution is 6.07. The summed E-state index contributed by atoms with van der Waals surface area (Å²) in [5.41, 5.74) is 4.72. The summed E-state index contributed by atoms with van der Waals surface area (Å²) >= 11 is 0. The number of aromatic nitrogens is 3. The number of carbonyl (C=O) groups excluding carboxylic acids is 1. The lowest BCUT2D eigenvalue weighted by Crippen LogP contribution is -2.49. The first-order valence-corrected chi connectivity index (χ1v) is 11.5. The maximum atomic E-state index is 13.6. The van der Waals surface area contributed by atoms with Crippen molar-refractivity contribution in [3.63, 3.8) is 0 Å². The summed E-state index contributed by atoms with van der Waals surface area (Å²) in [5, 5.41) is 0.891. The predicted octanol–water partition coefficient (Wildman–Crippen LogP) is 4.61. The molecule has 0 atom stereocenters. The van der Waals surface area contributed by atoms with Gasteiger partial charge in [-0.25, -0.2) is 15.0 Å². The highest BCUT2D eigenvalue weighted by atomic mass is 16.2. The molecule has 3 heterocycles. The molecule has 0 saturated carbocycles. The van der Waals surface area contributed by atoms with E-state index in [1.165, 1.54) is 5.56 Å². The van der Waals surface area contributed by atoms with Gasteiger partial charge >= 0.3 is 0 Å². The number of benzene rings is 2. The molecule has 6 heteroatoms. The third-order valence-electron chi connectivity index (χ3n) is 6.14. The maximum absolute atomic E-state index is 13.6. The van der Waals surface area contributed by atoms with Gasteiger partial charge in [-0.1, -0.05) is 55.8 Å². The number of piperazine rings is 1. The van der Waals surface area contributed by atoms with Gasteiger partial charge in [-0.2, -0.15) is 0 Å². The van der Waals surface area contributed by atoms with Crippen LogP contribution in [0.25, 0.3) is 22.2 Å². The molecule has 1 aliphatic heterocycles. The Bertz CT molecular complexity index is 1250. The van der Waals surface area contributed by atoms with Gasteiger partial charge in [0.25, 0.3) is 5.91 Å². The first-order valence-electron chi connectivity index (χ1n) is 11.5. The fourth-order valence-electron chi connectivity index (χ4n) is 4.37. The van der Waals surface area contributed by atoms with Crippen LogP contribution in [-0.4, -0.2) is 51.9 Å². The number of rotatable bonds is 5. The second-order valence-electron chi connectivity index (χ2n) is 8.35. The summed E-state index contributed by atoms with van der Waals surface area (Å²) in [4.78, 5) is 31.2. The van der Waals surface area contributed by atoms with Gasteiger partial charge in [-0.15, -0.1) is 0 Å². The van der Waals surface area contributed by atoms with Crippen molar-refractivity contribution >= 4 is 22.8 Å². The molecule has 0 unspecified atom stereocenters. The summed E-state index contributed by atoms with van der Waals surface area (Å²) in [6, 6.07) is 20.2. The average molecular weight is 438 g/mol. The number of pyridine rings is 1. The van der Waals surface area contributed by atoms with E-state index in [4.69, 9.17) is 4.98 Å². The smallest absolute Gasteiger partial charge is 0.254 e. The lowest BCUT2D eigenvalue weighted by molar-refractivity contribution is 0.0748. The highest BCUT2D eigenvalue weighted by Crippen LogP contribution is 2.27. The van der Waals surface area contributed by atoms with E-state index in [-0.39, 0.29) is 5.91 Å². The van der Waals surface area contributed by atoms with Crippen LogP contribution in [0.4, 0.5) is 5.95 Å². The fraction of sp³-hybridized carbons (Fsp3) is 0.259. The number of fused-ring (bicyclic) bond motifs is 1. The van der Waals surface area contributed by atoms with Gasteiger partial charge in [0.05, 0.1) is 16.8 Å². The molecule has 4 aromatic rings. The van der Waals surface area contributed by atoms with Crippen molar-refractivity contribution in [3.8, 4) is 11.3 Å². The summed E-state index contributed by atoms with van der Waals surface area (Å²) < 4.78 is 0. The molecule has 6 nitrogen and oxygen atoms in total. The zero-order valence-electron chi connectivity index (χ0n) is 18.8. The first kappa shape index (κ1) is 21.1. The molecule has 0 aliphatic carbocycles. The molecule has 1 saturated heterocycles. The molecule has 1 aliphatic rings. The topological polar surface area (TPSA) is 62.2 Å².